The lowest BCUT2D eigenvalue weighted by Gasteiger charge is -2.09. The number of nitrogens with zero attached hydrogens (tertiary/aromatic N) is 3. The van der Waals surface area contributed by atoms with Crippen LogP contribution in [0.5, 0.6) is 0 Å². The maximum Gasteiger partial charge on any atom is 0.341 e. The topological polar surface area (TPSA) is 86.1 Å². The molecule has 1 saturated carbocycles. The first-order chi connectivity index (χ1) is 13.5. The second kappa shape index (κ2) is 9.09. The Hall–Kier alpha value is -1.87. The first kappa shape index (κ1) is 20.9. The average molecular weight is 423 g/mol. The molecule has 2 aromatic heterocycles. The van der Waals surface area contributed by atoms with Crippen LogP contribution in [0, 0.1) is 6.92 Å². The minimum Gasteiger partial charge on any atom is -0.465 e. The maximum absolute atomic E-state index is 12.5. The van der Waals surface area contributed by atoms with E-state index in [0.29, 0.717) is 22.9 Å². The molecule has 1 N–H and O–H groups in total. The number of amides is 1. The predicted molar refractivity (Wildman–Crippen MR) is 111 cm³/mol. The Balaban J connectivity index is 1.66. The Kier molecular flexibility index (Phi) is 6.77. The molecule has 0 bridgehead atoms. The van der Waals surface area contributed by atoms with Crippen molar-refractivity contribution in [2.75, 3.05) is 18.2 Å². The fourth-order valence-corrected chi connectivity index (χ4v) is 5.56. The molecule has 0 atom stereocenters. The van der Waals surface area contributed by atoms with Crippen molar-refractivity contribution in [2.24, 2.45) is 7.05 Å². The smallest absolute Gasteiger partial charge is 0.341 e. The Morgan fingerprint density at radius 2 is 2.04 bits per heavy atom. The number of thioether (sulfide) groups is 1. The number of thiophene rings is 1. The van der Waals surface area contributed by atoms with Crippen LogP contribution in [0.3, 0.4) is 0 Å². The average Bonchev–Trinajstić information content (AvgIpc) is 3.38. The Labute approximate surface area is 173 Å². The monoisotopic (exact) mass is 422 g/mol. The minimum absolute atomic E-state index is 0.176. The summed E-state index contributed by atoms with van der Waals surface area (Å²) in [4.78, 5) is 25.7. The highest BCUT2D eigenvalue weighted by Gasteiger charge is 2.25. The van der Waals surface area contributed by atoms with E-state index in [-0.39, 0.29) is 11.7 Å². The second-order valence-electron chi connectivity index (χ2n) is 6.90. The van der Waals surface area contributed by atoms with E-state index in [2.05, 4.69) is 15.5 Å². The van der Waals surface area contributed by atoms with Gasteiger partial charge in [0.15, 0.2) is 5.16 Å². The van der Waals surface area contributed by atoms with Gasteiger partial charge in [-0.2, -0.15) is 0 Å². The molecular weight excluding hydrogens is 396 g/mol. The van der Waals surface area contributed by atoms with Crippen LogP contribution < -0.4 is 5.32 Å². The Morgan fingerprint density at radius 3 is 2.68 bits per heavy atom. The summed E-state index contributed by atoms with van der Waals surface area (Å²) in [6.45, 7) is 3.93. The number of nitrogens with one attached hydrogen (secondary N) is 1. The highest BCUT2D eigenvalue weighted by Crippen LogP contribution is 2.35. The van der Waals surface area contributed by atoms with E-state index in [1.54, 1.807) is 0 Å². The van der Waals surface area contributed by atoms with Gasteiger partial charge in [0.05, 0.1) is 18.4 Å². The molecule has 9 heteroatoms. The molecule has 1 aliphatic carbocycles. The van der Waals surface area contributed by atoms with Crippen molar-refractivity contribution < 1.29 is 14.3 Å². The number of aryl methyl sites for hydroxylation is 1. The SMILES string of the molecule is CCc1c(C)sc(NC(=O)CSc2nnc(C3CCCC3)n2C)c1C(=O)OC. The molecule has 1 amide bonds. The van der Waals surface area contributed by atoms with Gasteiger partial charge in [-0.05, 0) is 31.7 Å². The predicted octanol–water partition coefficient (Wildman–Crippen LogP) is 3.92. The summed E-state index contributed by atoms with van der Waals surface area (Å²) in [6.07, 6.45) is 5.51. The molecule has 0 radical (unpaired) electrons. The summed E-state index contributed by atoms with van der Waals surface area (Å²) in [5.74, 6) is 1.10. The summed E-state index contributed by atoms with van der Waals surface area (Å²) < 4.78 is 6.90. The van der Waals surface area contributed by atoms with E-state index in [1.165, 1.54) is 43.1 Å². The van der Waals surface area contributed by atoms with E-state index in [4.69, 9.17) is 4.74 Å². The number of anilines is 1. The number of methoxy groups -OCH3 is 1. The molecule has 0 aliphatic heterocycles. The highest BCUT2D eigenvalue weighted by molar-refractivity contribution is 7.99. The summed E-state index contributed by atoms with van der Waals surface area (Å²) in [6, 6.07) is 0. The number of rotatable bonds is 7. The van der Waals surface area contributed by atoms with Crippen molar-refractivity contribution >= 4 is 40.0 Å². The lowest BCUT2D eigenvalue weighted by molar-refractivity contribution is -0.113. The molecule has 1 aliphatic rings. The Morgan fingerprint density at radius 1 is 1.32 bits per heavy atom. The quantitative estimate of drug-likeness (QED) is 0.538. The van der Waals surface area contributed by atoms with Crippen molar-refractivity contribution in [3.05, 3.63) is 21.8 Å². The van der Waals surface area contributed by atoms with Crippen LogP contribution in [0.25, 0.3) is 0 Å². The maximum atomic E-state index is 12.5. The molecule has 2 heterocycles. The third-order valence-corrected chi connectivity index (χ3v) is 7.21. The molecule has 0 saturated heterocycles. The van der Waals surface area contributed by atoms with E-state index < -0.39 is 5.97 Å². The summed E-state index contributed by atoms with van der Waals surface area (Å²) in [5, 5.41) is 12.8. The van der Waals surface area contributed by atoms with Gasteiger partial charge in [0.1, 0.15) is 10.8 Å². The molecule has 7 nitrogen and oxygen atoms in total. The number of aromatic nitrogens is 3. The van der Waals surface area contributed by atoms with Gasteiger partial charge in [0.25, 0.3) is 0 Å². The van der Waals surface area contributed by atoms with Crippen molar-refractivity contribution in [2.45, 2.75) is 57.0 Å². The largest absolute Gasteiger partial charge is 0.465 e. The Bertz CT molecular complexity index is 869. The van der Waals surface area contributed by atoms with Crippen LogP contribution in [-0.4, -0.2) is 39.5 Å². The van der Waals surface area contributed by atoms with Crippen LogP contribution in [-0.2, 0) is 23.0 Å². The van der Waals surface area contributed by atoms with Gasteiger partial charge < -0.3 is 14.6 Å². The zero-order chi connectivity index (χ0) is 20.3. The van der Waals surface area contributed by atoms with Crippen molar-refractivity contribution in [3.8, 4) is 0 Å². The fraction of sp³-hybridized carbons (Fsp3) is 0.579. The molecule has 0 unspecified atom stereocenters. The number of hydrogen-bond acceptors (Lipinski definition) is 7. The van der Waals surface area contributed by atoms with Crippen LogP contribution in [0.1, 0.15) is 65.1 Å². The third-order valence-electron chi connectivity index (χ3n) is 5.13. The number of carbonyl (C=O) groups excluding carboxylic acids is 2. The molecule has 2 aromatic rings. The van der Waals surface area contributed by atoms with Gasteiger partial charge in [0.2, 0.25) is 5.91 Å². The van der Waals surface area contributed by atoms with Gasteiger partial charge >= 0.3 is 5.97 Å². The van der Waals surface area contributed by atoms with E-state index in [1.807, 2.05) is 25.5 Å². The van der Waals surface area contributed by atoms with Crippen LogP contribution in [0.2, 0.25) is 0 Å². The number of carbonyl (C=O) groups is 2. The van der Waals surface area contributed by atoms with Gasteiger partial charge in [-0.1, -0.05) is 31.5 Å². The first-order valence-corrected chi connectivity index (χ1v) is 11.3. The van der Waals surface area contributed by atoms with E-state index >= 15 is 0 Å². The summed E-state index contributed by atoms with van der Waals surface area (Å²) in [5.41, 5.74) is 1.39. The first-order valence-electron chi connectivity index (χ1n) is 9.48. The minimum atomic E-state index is -0.418. The lowest BCUT2D eigenvalue weighted by Crippen LogP contribution is -2.16. The van der Waals surface area contributed by atoms with E-state index in [0.717, 1.165) is 34.3 Å². The highest BCUT2D eigenvalue weighted by atomic mass is 32.2. The fourth-order valence-electron chi connectivity index (χ4n) is 3.69. The number of esters is 1. The van der Waals surface area contributed by atoms with Gasteiger partial charge in [-0.3, -0.25) is 4.79 Å². The van der Waals surface area contributed by atoms with Gasteiger partial charge in [0, 0.05) is 17.8 Å². The van der Waals surface area contributed by atoms with Crippen LogP contribution in [0.4, 0.5) is 5.00 Å². The number of ether oxygens (including phenoxy) is 1. The third kappa shape index (κ3) is 4.25. The standard InChI is InChI=1S/C19H26N4O3S2/c1-5-13-11(2)28-17(15(13)18(25)26-4)20-14(24)10-27-19-22-21-16(23(19)3)12-8-6-7-9-12/h12H,5-10H2,1-4H3,(H,20,24). The molecule has 1 fully saturated rings. The molecule has 3 rings (SSSR count). The molecule has 28 heavy (non-hydrogen) atoms. The normalized spacial score (nSPS) is 14.4. The lowest BCUT2D eigenvalue weighted by atomic mass is 10.1. The van der Waals surface area contributed by atoms with Crippen LogP contribution >= 0.6 is 23.1 Å². The summed E-state index contributed by atoms with van der Waals surface area (Å²) >= 11 is 2.76. The second-order valence-corrected chi connectivity index (χ2v) is 9.07. The molecular formula is C19H26N4O3S2. The molecule has 0 spiro atoms. The summed E-state index contributed by atoms with van der Waals surface area (Å²) in [7, 11) is 3.31. The van der Waals surface area contributed by atoms with Crippen molar-refractivity contribution in [1.29, 1.82) is 0 Å². The van der Waals surface area contributed by atoms with Crippen LogP contribution in [0.15, 0.2) is 5.16 Å². The number of hydrogen-bond donors (Lipinski definition) is 1. The van der Waals surface area contributed by atoms with Gasteiger partial charge in [-0.15, -0.1) is 21.5 Å². The molecule has 0 aromatic carbocycles. The van der Waals surface area contributed by atoms with Crippen molar-refractivity contribution in [1.82, 2.24) is 14.8 Å². The van der Waals surface area contributed by atoms with Crippen molar-refractivity contribution in [3.63, 3.8) is 0 Å². The zero-order valence-electron chi connectivity index (χ0n) is 16.7. The molecule has 152 valence electrons. The zero-order valence-corrected chi connectivity index (χ0v) is 18.3. The van der Waals surface area contributed by atoms with E-state index in [9.17, 15) is 9.59 Å². The van der Waals surface area contributed by atoms with Gasteiger partial charge in [-0.25, -0.2) is 4.79 Å².